The van der Waals surface area contributed by atoms with E-state index >= 15 is 0 Å². The van der Waals surface area contributed by atoms with Crippen LogP contribution in [0.2, 0.25) is 0 Å². The van der Waals surface area contributed by atoms with Crippen LogP contribution in [0.15, 0.2) is 42.9 Å². The number of nitrogens with one attached hydrogen (secondary N) is 1. The summed E-state index contributed by atoms with van der Waals surface area (Å²) in [6.45, 7) is 3.23. The lowest BCUT2D eigenvalue weighted by Gasteiger charge is -2.37. The first-order valence-corrected chi connectivity index (χ1v) is 9.35. The highest BCUT2D eigenvalue weighted by molar-refractivity contribution is 5.75. The Kier molecular flexibility index (Phi) is 6.28. The Morgan fingerprint density at radius 3 is 2.43 bits per heavy atom. The number of rotatable bonds is 5. The molecule has 5 nitrogen and oxygen atoms in total. The predicted octanol–water partition coefficient (Wildman–Crippen LogP) is 3.58. The molecule has 1 aliphatic heterocycles. The van der Waals surface area contributed by atoms with Crippen molar-refractivity contribution in [1.82, 2.24) is 20.2 Å². The second-order valence-electron chi connectivity index (χ2n) is 6.88. The van der Waals surface area contributed by atoms with Gasteiger partial charge in [0.05, 0.1) is 23.5 Å². The van der Waals surface area contributed by atoms with Crippen molar-refractivity contribution >= 4 is 5.91 Å². The van der Waals surface area contributed by atoms with Gasteiger partial charge in [-0.05, 0) is 30.5 Å². The number of benzene rings is 1. The molecular formula is C20H23F3N4O. The summed E-state index contributed by atoms with van der Waals surface area (Å²) in [6, 6.07) is 5.07. The van der Waals surface area contributed by atoms with Gasteiger partial charge in [-0.3, -0.25) is 19.7 Å². The topological polar surface area (TPSA) is 58.1 Å². The second kappa shape index (κ2) is 8.68. The number of carbonyl (C=O) groups excluding carboxylic acids is 1. The van der Waals surface area contributed by atoms with Crippen molar-refractivity contribution in [2.24, 2.45) is 0 Å². The summed E-state index contributed by atoms with van der Waals surface area (Å²) in [5.74, 6) is 0.0339. The minimum absolute atomic E-state index is 0.0339. The van der Waals surface area contributed by atoms with E-state index in [9.17, 15) is 18.0 Å². The summed E-state index contributed by atoms with van der Waals surface area (Å²) in [5, 5.41) is 3.01. The minimum atomic E-state index is -4.36. The Bertz CT molecular complexity index is 772. The van der Waals surface area contributed by atoms with E-state index in [2.05, 4.69) is 20.2 Å². The molecule has 1 amide bonds. The second-order valence-corrected chi connectivity index (χ2v) is 6.88. The number of nitrogens with zero attached hydrogens (tertiary/aromatic N) is 3. The number of piperidine rings is 1. The number of hydrogen-bond acceptors (Lipinski definition) is 4. The van der Waals surface area contributed by atoms with Crippen molar-refractivity contribution < 1.29 is 18.0 Å². The van der Waals surface area contributed by atoms with E-state index in [1.54, 1.807) is 18.6 Å². The molecule has 28 heavy (non-hydrogen) atoms. The molecule has 2 heterocycles. The summed E-state index contributed by atoms with van der Waals surface area (Å²) in [6.07, 6.45) is 2.45. The molecule has 1 saturated heterocycles. The average molecular weight is 392 g/mol. The van der Waals surface area contributed by atoms with E-state index in [-0.39, 0.29) is 18.0 Å². The Morgan fingerprint density at radius 1 is 1.21 bits per heavy atom. The van der Waals surface area contributed by atoms with Gasteiger partial charge in [-0.2, -0.15) is 13.2 Å². The predicted molar refractivity (Wildman–Crippen MR) is 98.3 cm³/mol. The van der Waals surface area contributed by atoms with Gasteiger partial charge in [-0.25, -0.2) is 0 Å². The summed E-state index contributed by atoms with van der Waals surface area (Å²) in [4.78, 5) is 22.3. The molecule has 0 bridgehead atoms. The maximum Gasteiger partial charge on any atom is 0.416 e. The van der Waals surface area contributed by atoms with Gasteiger partial charge < -0.3 is 5.32 Å². The van der Waals surface area contributed by atoms with Crippen LogP contribution in [0.1, 0.15) is 49.0 Å². The third-order valence-electron chi connectivity index (χ3n) is 5.00. The minimum Gasteiger partial charge on any atom is -0.353 e. The van der Waals surface area contributed by atoms with Crippen LogP contribution in [0.3, 0.4) is 0 Å². The molecule has 1 aliphatic rings. The fourth-order valence-corrected chi connectivity index (χ4v) is 3.51. The Hall–Kier alpha value is -2.48. The number of aromatic nitrogens is 2. The number of amides is 1. The lowest BCUT2D eigenvalue weighted by Crippen LogP contribution is -2.45. The van der Waals surface area contributed by atoms with Gasteiger partial charge in [-0.15, -0.1) is 0 Å². The molecule has 0 spiro atoms. The number of hydrogen-bond donors (Lipinski definition) is 1. The van der Waals surface area contributed by atoms with Crippen molar-refractivity contribution in [3.63, 3.8) is 0 Å². The first-order valence-electron chi connectivity index (χ1n) is 9.35. The molecule has 8 heteroatoms. The van der Waals surface area contributed by atoms with E-state index in [1.807, 2.05) is 6.92 Å². The molecule has 1 fully saturated rings. The van der Waals surface area contributed by atoms with Crippen LogP contribution in [-0.2, 0) is 11.0 Å². The van der Waals surface area contributed by atoms with Crippen LogP contribution in [0, 0.1) is 0 Å². The molecule has 1 unspecified atom stereocenters. The fourth-order valence-electron chi connectivity index (χ4n) is 3.51. The van der Waals surface area contributed by atoms with Crippen LogP contribution in [0.4, 0.5) is 13.2 Å². The first-order chi connectivity index (χ1) is 13.4. The Labute approximate surface area is 162 Å². The van der Waals surface area contributed by atoms with Crippen molar-refractivity contribution in [3.05, 3.63) is 59.7 Å². The number of alkyl halides is 3. The van der Waals surface area contributed by atoms with Crippen LogP contribution < -0.4 is 5.32 Å². The summed E-state index contributed by atoms with van der Waals surface area (Å²) in [7, 11) is 0. The molecule has 1 aromatic carbocycles. The molecule has 150 valence electrons. The first kappa shape index (κ1) is 20.3. The third kappa shape index (κ3) is 4.86. The highest BCUT2D eigenvalue weighted by atomic mass is 19.4. The van der Waals surface area contributed by atoms with Gasteiger partial charge >= 0.3 is 6.18 Å². The van der Waals surface area contributed by atoms with Crippen LogP contribution in [-0.4, -0.2) is 39.9 Å². The van der Waals surface area contributed by atoms with Gasteiger partial charge in [0.15, 0.2) is 0 Å². The maximum atomic E-state index is 12.9. The summed E-state index contributed by atoms with van der Waals surface area (Å²) >= 11 is 0. The zero-order valence-corrected chi connectivity index (χ0v) is 15.6. The molecule has 1 N–H and O–H groups in total. The zero-order chi connectivity index (χ0) is 20.1. The third-order valence-corrected chi connectivity index (χ3v) is 5.00. The van der Waals surface area contributed by atoms with E-state index in [1.165, 1.54) is 12.1 Å². The number of carbonyl (C=O) groups is 1. The normalized spacial score (nSPS) is 17.3. The standard InChI is InChI=1S/C20H23F3N4O/c1-2-18(28)26-16-7-11-27(12-8-16)19(17-13-24-9-10-25-17)14-3-5-15(6-4-14)20(21,22)23/h3-6,9-10,13,16,19H,2,7-8,11-12H2,1H3,(H,26,28). The van der Waals surface area contributed by atoms with E-state index in [0.29, 0.717) is 25.2 Å². The fraction of sp³-hybridized carbons (Fsp3) is 0.450. The molecule has 2 aromatic rings. The number of likely N-dealkylation sites (tertiary alicyclic amines) is 1. The highest BCUT2D eigenvalue weighted by Gasteiger charge is 2.32. The van der Waals surface area contributed by atoms with Crippen LogP contribution in [0.25, 0.3) is 0 Å². The van der Waals surface area contributed by atoms with Gasteiger partial charge in [0.25, 0.3) is 0 Å². The maximum absolute atomic E-state index is 12.9. The molecular weight excluding hydrogens is 369 g/mol. The lowest BCUT2D eigenvalue weighted by molar-refractivity contribution is -0.137. The Morgan fingerprint density at radius 2 is 1.89 bits per heavy atom. The summed E-state index contributed by atoms with van der Waals surface area (Å²) in [5.41, 5.74) is 0.762. The largest absolute Gasteiger partial charge is 0.416 e. The molecule has 1 atom stereocenters. The van der Waals surface area contributed by atoms with Gasteiger partial charge in [0.2, 0.25) is 5.91 Å². The average Bonchev–Trinajstić information content (AvgIpc) is 2.70. The quantitative estimate of drug-likeness (QED) is 0.845. The molecule has 0 saturated carbocycles. The monoisotopic (exact) mass is 392 g/mol. The summed E-state index contributed by atoms with van der Waals surface area (Å²) < 4.78 is 38.7. The van der Waals surface area contributed by atoms with Gasteiger partial charge in [0.1, 0.15) is 0 Å². The van der Waals surface area contributed by atoms with Crippen LogP contribution in [0.5, 0.6) is 0 Å². The van der Waals surface area contributed by atoms with Gasteiger partial charge in [-0.1, -0.05) is 19.1 Å². The van der Waals surface area contributed by atoms with Crippen LogP contribution >= 0.6 is 0 Å². The van der Waals surface area contributed by atoms with E-state index < -0.39 is 11.7 Å². The van der Waals surface area contributed by atoms with Crippen molar-refractivity contribution in [2.45, 2.75) is 44.4 Å². The molecule has 1 aromatic heterocycles. The Balaban J connectivity index is 1.81. The number of halogens is 3. The SMILES string of the molecule is CCC(=O)NC1CCN(C(c2ccc(C(F)(F)F)cc2)c2cnccn2)CC1. The van der Waals surface area contributed by atoms with E-state index in [0.717, 1.165) is 30.5 Å². The van der Waals surface area contributed by atoms with Gasteiger partial charge in [0, 0.05) is 37.9 Å². The van der Waals surface area contributed by atoms with E-state index in [4.69, 9.17) is 0 Å². The highest BCUT2D eigenvalue weighted by Crippen LogP contribution is 2.33. The zero-order valence-electron chi connectivity index (χ0n) is 15.6. The van der Waals surface area contributed by atoms with Crippen molar-refractivity contribution in [3.8, 4) is 0 Å². The smallest absolute Gasteiger partial charge is 0.353 e. The lowest BCUT2D eigenvalue weighted by atomic mass is 9.96. The van der Waals surface area contributed by atoms with Crippen molar-refractivity contribution in [2.75, 3.05) is 13.1 Å². The molecule has 0 aliphatic carbocycles. The molecule has 3 rings (SSSR count). The van der Waals surface area contributed by atoms with Crippen molar-refractivity contribution in [1.29, 1.82) is 0 Å². The molecule has 0 radical (unpaired) electrons.